The first-order valence-corrected chi connectivity index (χ1v) is 6.46. The van der Waals surface area contributed by atoms with E-state index < -0.39 is 0 Å². The predicted octanol–water partition coefficient (Wildman–Crippen LogP) is 1.07. The third-order valence-electron chi connectivity index (χ3n) is 3.14. The van der Waals surface area contributed by atoms with Crippen molar-refractivity contribution in [2.24, 2.45) is 0 Å². The number of aromatic nitrogens is 6. The fraction of sp³-hybridized carbons (Fsp3) is 0.308. The Labute approximate surface area is 114 Å². The van der Waals surface area contributed by atoms with Crippen LogP contribution in [0.2, 0.25) is 0 Å². The van der Waals surface area contributed by atoms with Crippen molar-refractivity contribution in [1.29, 1.82) is 0 Å². The molecule has 20 heavy (non-hydrogen) atoms. The van der Waals surface area contributed by atoms with Gasteiger partial charge in [-0.3, -0.25) is 9.20 Å². The number of aryl methyl sites for hydroxylation is 2. The maximum absolute atomic E-state index is 12.5. The topological polar surface area (TPSA) is 78.0 Å². The third-order valence-corrected chi connectivity index (χ3v) is 3.14. The number of tetrazole rings is 1. The lowest BCUT2D eigenvalue weighted by atomic mass is 10.2. The molecule has 0 radical (unpaired) electrons. The van der Waals surface area contributed by atoms with E-state index in [9.17, 15) is 4.79 Å². The van der Waals surface area contributed by atoms with Crippen molar-refractivity contribution in [3.05, 3.63) is 40.4 Å². The van der Waals surface area contributed by atoms with E-state index >= 15 is 0 Å². The lowest BCUT2D eigenvalue weighted by Crippen LogP contribution is -2.19. The first-order valence-electron chi connectivity index (χ1n) is 6.46. The van der Waals surface area contributed by atoms with Gasteiger partial charge in [0.05, 0.1) is 0 Å². The van der Waals surface area contributed by atoms with E-state index in [-0.39, 0.29) is 5.56 Å². The summed E-state index contributed by atoms with van der Waals surface area (Å²) < 4.78 is 3.15. The van der Waals surface area contributed by atoms with Crippen LogP contribution in [-0.4, -0.2) is 29.6 Å². The molecule has 0 bridgehead atoms. The molecule has 3 aromatic heterocycles. The number of pyridine rings is 1. The minimum atomic E-state index is -0.161. The van der Waals surface area contributed by atoms with Crippen molar-refractivity contribution in [3.8, 4) is 11.4 Å². The van der Waals surface area contributed by atoms with Gasteiger partial charge in [-0.1, -0.05) is 13.0 Å². The first-order chi connectivity index (χ1) is 9.72. The van der Waals surface area contributed by atoms with E-state index in [2.05, 4.69) is 20.5 Å². The zero-order valence-electron chi connectivity index (χ0n) is 11.3. The second-order valence-electron chi connectivity index (χ2n) is 4.59. The molecule has 7 nitrogen and oxygen atoms in total. The lowest BCUT2D eigenvalue weighted by Gasteiger charge is -2.06. The molecule has 0 atom stereocenters. The summed E-state index contributed by atoms with van der Waals surface area (Å²) in [5.41, 5.74) is 1.84. The van der Waals surface area contributed by atoms with Gasteiger partial charge in [-0.25, -0.2) is 9.67 Å². The standard InChI is InChI=1S/C13H14N6O/c1-3-6-19-12(15-16-17-19)10-8-14-11-9(2)5-4-7-18(11)13(10)20/h4-5,7-8H,3,6H2,1-2H3. The zero-order chi connectivity index (χ0) is 14.1. The normalized spacial score (nSPS) is 11.1. The van der Waals surface area contributed by atoms with Gasteiger partial charge in [0.25, 0.3) is 5.56 Å². The van der Waals surface area contributed by atoms with E-state index in [4.69, 9.17) is 0 Å². The van der Waals surface area contributed by atoms with Crippen LogP contribution in [0, 0.1) is 6.92 Å². The molecule has 0 aliphatic carbocycles. The van der Waals surface area contributed by atoms with Crippen molar-refractivity contribution >= 4 is 5.65 Å². The largest absolute Gasteiger partial charge is 0.269 e. The Hall–Kier alpha value is -2.57. The van der Waals surface area contributed by atoms with Gasteiger partial charge in [0.15, 0.2) is 5.82 Å². The van der Waals surface area contributed by atoms with Crippen molar-refractivity contribution in [3.63, 3.8) is 0 Å². The molecule has 0 aromatic carbocycles. The molecule has 0 N–H and O–H groups in total. The Morgan fingerprint density at radius 3 is 3.00 bits per heavy atom. The van der Waals surface area contributed by atoms with Crippen LogP contribution in [0.5, 0.6) is 0 Å². The monoisotopic (exact) mass is 270 g/mol. The van der Waals surface area contributed by atoms with Gasteiger partial charge in [-0.05, 0) is 35.4 Å². The van der Waals surface area contributed by atoms with Gasteiger partial charge >= 0.3 is 0 Å². The number of hydrogen-bond donors (Lipinski definition) is 0. The molecule has 0 spiro atoms. The van der Waals surface area contributed by atoms with Gasteiger partial charge < -0.3 is 0 Å². The van der Waals surface area contributed by atoms with Crippen LogP contribution in [0.1, 0.15) is 18.9 Å². The second kappa shape index (κ2) is 4.84. The number of fused-ring (bicyclic) bond motifs is 1. The lowest BCUT2D eigenvalue weighted by molar-refractivity contribution is 0.583. The fourth-order valence-corrected chi connectivity index (χ4v) is 2.16. The summed E-state index contributed by atoms with van der Waals surface area (Å²) in [6, 6.07) is 3.74. The van der Waals surface area contributed by atoms with Crippen molar-refractivity contribution in [2.45, 2.75) is 26.8 Å². The fourth-order valence-electron chi connectivity index (χ4n) is 2.16. The molecule has 3 rings (SSSR count). The summed E-state index contributed by atoms with van der Waals surface area (Å²) >= 11 is 0. The van der Waals surface area contributed by atoms with Crippen LogP contribution in [0.3, 0.4) is 0 Å². The molecular formula is C13H14N6O. The van der Waals surface area contributed by atoms with Gasteiger partial charge in [-0.2, -0.15) is 0 Å². The molecule has 3 heterocycles. The molecule has 7 heteroatoms. The Kier molecular flexibility index (Phi) is 3.02. The van der Waals surface area contributed by atoms with Gasteiger partial charge in [-0.15, -0.1) is 5.10 Å². The molecule has 0 aliphatic heterocycles. The van der Waals surface area contributed by atoms with E-state index in [1.54, 1.807) is 17.1 Å². The molecule has 0 unspecified atom stereocenters. The number of rotatable bonds is 3. The maximum Gasteiger partial charge on any atom is 0.269 e. The average molecular weight is 270 g/mol. The van der Waals surface area contributed by atoms with E-state index in [0.717, 1.165) is 12.0 Å². The molecule has 0 saturated heterocycles. The summed E-state index contributed by atoms with van der Waals surface area (Å²) in [4.78, 5) is 16.9. The Bertz CT molecular complexity index is 819. The van der Waals surface area contributed by atoms with Crippen LogP contribution in [0.15, 0.2) is 29.3 Å². The second-order valence-corrected chi connectivity index (χ2v) is 4.59. The van der Waals surface area contributed by atoms with Crippen molar-refractivity contribution < 1.29 is 0 Å². The van der Waals surface area contributed by atoms with E-state index in [0.29, 0.717) is 23.6 Å². The molecule has 0 fully saturated rings. The minimum absolute atomic E-state index is 0.161. The SMILES string of the molecule is CCCn1nnnc1-c1cnc2c(C)cccn2c1=O. The molecule has 0 saturated carbocycles. The van der Waals surface area contributed by atoms with Crippen LogP contribution in [0.25, 0.3) is 17.0 Å². The predicted molar refractivity (Wildman–Crippen MR) is 73.3 cm³/mol. The van der Waals surface area contributed by atoms with Crippen molar-refractivity contribution in [2.75, 3.05) is 0 Å². The highest BCUT2D eigenvalue weighted by Crippen LogP contribution is 2.12. The Morgan fingerprint density at radius 2 is 2.20 bits per heavy atom. The summed E-state index contributed by atoms with van der Waals surface area (Å²) in [6.45, 7) is 4.61. The van der Waals surface area contributed by atoms with Crippen LogP contribution >= 0.6 is 0 Å². The van der Waals surface area contributed by atoms with E-state index in [1.165, 1.54) is 4.40 Å². The summed E-state index contributed by atoms with van der Waals surface area (Å²) in [7, 11) is 0. The third kappa shape index (κ3) is 1.87. The highest BCUT2D eigenvalue weighted by atomic mass is 16.1. The molecule has 0 amide bonds. The highest BCUT2D eigenvalue weighted by molar-refractivity contribution is 5.56. The van der Waals surface area contributed by atoms with Crippen LogP contribution < -0.4 is 5.56 Å². The molecule has 3 aromatic rings. The molecule has 0 aliphatic rings. The summed E-state index contributed by atoms with van der Waals surface area (Å²) in [5.74, 6) is 0.459. The number of hydrogen-bond acceptors (Lipinski definition) is 5. The van der Waals surface area contributed by atoms with Gasteiger partial charge in [0, 0.05) is 18.9 Å². The average Bonchev–Trinajstić information content (AvgIpc) is 2.89. The zero-order valence-corrected chi connectivity index (χ0v) is 11.3. The van der Waals surface area contributed by atoms with Crippen LogP contribution in [-0.2, 0) is 6.54 Å². The van der Waals surface area contributed by atoms with Gasteiger partial charge in [0.2, 0.25) is 0 Å². The molecular weight excluding hydrogens is 256 g/mol. The quantitative estimate of drug-likeness (QED) is 0.711. The maximum atomic E-state index is 12.5. The first kappa shape index (κ1) is 12.5. The smallest absolute Gasteiger partial charge is 0.268 e. The summed E-state index contributed by atoms with van der Waals surface area (Å²) in [5, 5.41) is 11.5. The Morgan fingerprint density at radius 1 is 1.35 bits per heavy atom. The van der Waals surface area contributed by atoms with Gasteiger partial charge in [0.1, 0.15) is 11.2 Å². The molecule has 102 valence electrons. The van der Waals surface area contributed by atoms with E-state index in [1.807, 2.05) is 26.0 Å². The van der Waals surface area contributed by atoms with Crippen LogP contribution in [0.4, 0.5) is 0 Å². The number of nitrogens with zero attached hydrogens (tertiary/aromatic N) is 6. The Balaban J connectivity index is 2.25. The van der Waals surface area contributed by atoms with Crippen molar-refractivity contribution in [1.82, 2.24) is 29.6 Å². The summed E-state index contributed by atoms with van der Waals surface area (Å²) in [6.07, 6.45) is 4.14. The highest BCUT2D eigenvalue weighted by Gasteiger charge is 2.14. The minimum Gasteiger partial charge on any atom is -0.268 e.